The Morgan fingerprint density at radius 1 is 1.15 bits per heavy atom. The highest BCUT2D eigenvalue weighted by Crippen LogP contribution is 2.36. The van der Waals surface area contributed by atoms with Gasteiger partial charge in [0.25, 0.3) is 0 Å². The topological polar surface area (TPSA) is 73.5 Å². The van der Waals surface area contributed by atoms with Crippen molar-refractivity contribution in [1.82, 2.24) is 20.0 Å². The Morgan fingerprint density at radius 2 is 1.89 bits per heavy atom. The van der Waals surface area contributed by atoms with Crippen LogP contribution in [0.25, 0.3) is 0 Å². The molecule has 7 heteroatoms. The van der Waals surface area contributed by atoms with E-state index in [0.717, 1.165) is 56.1 Å². The van der Waals surface area contributed by atoms with Gasteiger partial charge in [0.2, 0.25) is 5.91 Å². The van der Waals surface area contributed by atoms with Crippen LogP contribution in [0, 0.1) is 0 Å². The van der Waals surface area contributed by atoms with Gasteiger partial charge in [0.05, 0.1) is 6.20 Å². The second-order valence-corrected chi connectivity index (χ2v) is 7.20. The monoisotopic (exact) mass is 369 g/mol. The number of aromatic nitrogens is 2. The molecule has 27 heavy (non-hydrogen) atoms. The number of benzene rings is 1. The summed E-state index contributed by atoms with van der Waals surface area (Å²) in [5.41, 5.74) is 2.14. The van der Waals surface area contributed by atoms with Crippen LogP contribution in [0.2, 0.25) is 0 Å². The number of rotatable bonds is 6. The van der Waals surface area contributed by atoms with Crippen LogP contribution in [0.3, 0.4) is 0 Å². The van der Waals surface area contributed by atoms with Crippen molar-refractivity contribution in [3.8, 4) is 5.75 Å². The van der Waals surface area contributed by atoms with Gasteiger partial charge in [-0.25, -0.2) is 0 Å². The van der Waals surface area contributed by atoms with Crippen molar-refractivity contribution in [3.63, 3.8) is 0 Å². The molecule has 2 aromatic rings. The molecule has 3 heterocycles. The Hall–Kier alpha value is -2.38. The molecule has 1 fully saturated rings. The first-order valence-electron chi connectivity index (χ1n) is 9.73. The Labute approximate surface area is 159 Å². The number of carbonyl (C=O) groups is 1. The molecular formula is C20H27N5O2. The van der Waals surface area contributed by atoms with Crippen LogP contribution in [0.4, 0.5) is 5.82 Å². The average Bonchev–Trinajstić information content (AvgIpc) is 3.17. The van der Waals surface area contributed by atoms with Crippen molar-refractivity contribution in [2.45, 2.75) is 19.3 Å². The van der Waals surface area contributed by atoms with Crippen molar-refractivity contribution in [2.24, 2.45) is 0 Å². The molecule has 0 bridgehead atoms. The van der Waals surface area contributed by atoms with E-state index in [2.05, 4.69) is 44.4 Å². The summed E-state index contributed by atoms with van der Waals surface area (Å²) in [5, 5.41) is 9.73. The lowest BCUT2D eigenvalue weighted by atomic mass is 9.87. The lowest BCUT2D eigenvalue weighted by Gasteiger charge is -2.33. The molecule has 0 aliphatic carbocycles. The number of nitrogens with one attached hydrogen (secondary N) is 2. The number of aromatic amines is 1. The molecule has 1 amide bonds. The standard InChI is InChI=1S/C20H27N5O2/c1-2-24-7-9-25(10-8-24)11-12-27-16-5-3-15(4-6-16)17-13-19(26)22-20-18(17)14-21-23-20/h3-6,14,17H,2,7-13H2,1H3,(H2,21,22,23,26). The zero-order chi connectivity index (χ0) is 18.6. The summed E-state index contributed by atoms with van der Waals surface area (Å²) in [4.78, 5) is 16.9. The lowest BCUT2D eigenvalue weighted by molar-refractivity contribution is -0.116. The zero-order valence-corrected chi connectivity index (χ0v) is 15.8. The fraction of sp³-hybridized carbons (Fsp3) is 0.500. The van der Waals surface area contributed by atoms with E-state index in [9.17, 15) is 4.79 Å². The summed E-state index contributed by atoms with van der Waals surface area (Å²) >= 11 is 0. The number of carbonyl (C=O) groups excluding carboxylic acids is 1. The van der Waals surface area contributed by atoms with Crippen LogP contribution < -0.4 is 10.1 Å². The van der Waals surface area contributed by atoms with Gasteiger partial charge >= 0.3 is 0 Å². The molecule has 0 radical (unpaired) electrons. The first-order chi connectivity index (χ1) is 13.2. The number of fused-ring (bicyclic) bond motifs is 1. The van der Waals surface area contributed by atoms with Gasteiger partial charge in [0.15, 0.2) is 0 Å². The Kier molecular flexibility index (Phi) is 5.40. The maximum absolute atomic E-state index is 11.9. The predicted molar refractivity (Wildman–Crippen MR) is 104 cm³/mol. The average molecular weight is 369 g/mol. The molecule has 0 spiro atoms. The third kappa shape index (κ3) is 4.14. The lowest BCUT2D eigenvalue weighted by Crippen LogP contribution is -2.47. The van der Waals surface area contributed by atoms with Gasteiger partial charge in [-0.15, -0.1) is 0 Å². The van der Waals surface area contributed by atoms with E-state index in [-0.39, 0.29) is 11.8 Å². The van der Waals surface area contributed by atoms with E-state index in [1.165, 1.54) is 0 Å². The summed E-state index contributed by atoms with van der Waals surface area (Å²) in [5.74, 6) is 1.63. The van der Waals surface area contributed by atoms with E-state index in [1.807, 2.05) is 12.1 Å². The number of anilines is 1. The van der Waals surface area contributed by atoms with E-state index < -0.39 is 0 Å². The Balaban J connectivity index is 1.30. The number of hydrogen-bond acceptors (Lipinski definition) is 5. The van der Waals surface area contributed by atoms with E-state index in [4.69, 9.17) is 4.74 Å². The van der Waals surface area contributed by atoms with Gasteiger partial charge in [-0.3, -0.25) is 14.8 Å². The number of amides is 1. The SMILES string of the molecule is CCN1CCN(CCOc2ccc(C3CC(=O)Nc4[nH]ncc43)cc2)CC1. The molecule has 1 unspecified atom stereocenters. The second-order valence-electron chi connectivity index (χ2n) is 7.20. The van der Waals surface area contributed by atoms with Crippen LogP contribution in [-0.4, -0.2) is 71.8 Å². The third-order valence-corrected chi connectivity index (χ3v) is 5.57. The third-order valence-electron chi connectivity index (χ3n) is 5.57. The number of nitrogens with zero attached hydrogens (tertiary/aromatic N) is 3. The summed E-state index contributed by atoms with van der Waals surface area (Å²) in [6.07, 6.45) is 2.23. The molecule has 4 rings (SSSR count). The molecule has 1 aromatic carbocycles. The molecule has 7 nitrogen and oxygen atoms in total. The highest BCUT2D eigenvalue weighted by Gasteiger charge is 2.28. The van der Waals surface area contributed by atoms with Gasteiger partial charge in [-0.2, -0.15) is 5.10 Å². The zero-order valence-electron chi connectivity index (χ0n) is 15.8. The maximum atomic E-state index is 11.9. The number of H-pyrrole nitrogens is 1. The van der Waals surface area contributed by atoms with Crippen molar-refractivity contribution in [3.05, 3.63) is 41.6 Å². The van der Waals surface area contributed by atoms with Crippen LogP contribution in [-0.2, 0) is 4.79 Å². The largest absolute Gasteiger partial charge is 0.492 e. The van der Waals surface area contributed by atoms with Crippen molar-refractivity contribution < 1.29 is 9.53 Å². The second kappa shape index (κ2) is 8.10. The molecule has 1 saturated heterocycles. The number of piperazine rings is 1. The molecule has 0 saturated carbocycles. The number of hydrogen-bond donors (Lipinski definition) is 2. The molecule has 144 valence electrons. The highest BCUT2D eigenvalue weighted by molar-refractivity contribution is 5.94. The predicted octanol–water partition coefficient (Wildman–Crippen LogP) is 1.90. The van der Waals surface area contributed by atoms with Gasteiger partial charge in [0.1, 0.15) is 18.2 Å². The molecule has 2 aliphatic rings. The number of ether oxygens (including phenoxy) is 1. The van der Waals surface area contributed by atoms with Gasteiger partial charge in [0, 0.05) is 50.6 Å². The maximum Gasteiger partial charge on any atom is 0.226 e. The first-order valence-corrected chi connectivity index (χ1v) is 9.73. The van der Waals surface area contributed by atoms with Crippen molar-refractivity contribution in [2.75, 3.05) is 51.2 Å². The molecule has 2 aliphatic heterocycles. The van der Waals surface area contributed by atoms with Crippen LogP contribution in [0.15, 0.2) is 30.5 Å². The molecule has 2 N–H and O–H groups in total. The van der Waals surface area contributed by atoms with Crippen LogP contribution in [0.5, 0.6) is 5.75 Å². The number of likely N-dealkylation sites (N-methyl/N-ethyl adjacent to an activating group) is 1. The molecule has 1 atom stereocenters. The van der Waals surface area contributed by atoms with Crippen molar-refractivity contribution in [1.29, 1.82) is 0 Å². The molecule has 1 aromatic heterocycles. The Morgan fingerprint density at radius 3 is 2.63 bits per heavy atom. The quantitative estimate of drug-likeness (QED) is 0.814. The van der Waals surface area contributed by atoms with Gasteiger partial charge < -0.3 is 15.0 Å². The van der Waals surface area contributed by atoms with Crippen LogP contribution in [0.1, 0.15) is 30.4 Å². The fourth-order valence-corrected chi connectivity index (χ4v) is 3.86. The summed E-state index contributed by atoms with van der Waals surface area (Å²) in [6.45, 7) is 9.55. The first kappa shape index (κ1) is 18.0. The summed E-state index contributed by atoms with van der Waals surface area (Å²) in [7, 11) is 0. The van der Waals surface area contributed by atoms with Crippen molar-refractivity contribution >= 4 is 11.7 Å². The Bertz CT molecular complexity index is 765. The van der Waals surface area contributed by atoms with Gasteiger partial charge in [-0.1, -0.05) is 19.1 Å². The van der Waals surface area contributed by atoms with E-state index >= 15 is 0 Å². The summed E-state index contributed by atoms with van der Waals surface area (Å²) in [6, 6.07) is 8.10. The minimum Gasteiger partial charge on any atom is -0.492 e. The van der Waals surface area contributed by atoms with E-state index in [0.29, 0.717) is 18.8 Å². The summed E-state index contributed by atoms with van der Waals surface area (Å²) < 4.78 is 5.93. The fourth-order valence-electron chi connectivity index (χ4n) is 3.86. The van der Waals surface area contributed by atoms with Crippen LogP contribution >= 0.6 is 0 Å². The minimum absolute atomic E-state index is 0.0141. The van der Waals surface area contributed by atoms with E-state index in [1.54, 1.807) is 6.20 Å². The molecular weight excluding hydrogens is 342 g/mol. The normalized spacial score (nSPS) is 20.9. The smallest absolute Gasteiger partial charge is 0.226 e. The van der Waals surface area contributed by atoms with Gasteiger partial charge in [-0.05, 0) is 24.2 Å². The minimum atomic E-state index is 0.0141. The highest BCUT2D eigenvalue weighted by atomic mass is 16.5.